The van der Waals surface area contributed by atoms with Crippen molar-refractivity contribution in [3.63, 3.8) is 0 Å². The van der Waals surface area contributed by atoms with Crippen LogP contribution in [0.15, 0.2) is 29.1 Å². The number of hydrogen-bond donors (Lipinski definition) is 2. The Hall–Kier alpha value is -1.69. The van der Waals surface area contributed by atoms with Gasteiger partial charge < -0.3 is 10.3 Å². The van der Waals surface area contributed by atoms with Gasteiger partial charge in [-0.1, -0.05) is 29.8 Å². The van der Waals surface area contributed by atoms with E-state index in [0.29, 0.717) is 12.4 Å². The van der Waals surface area contributed by atoms with Gasteiger partial charge in [0.1, 0.15) is 10.7 Å². The fourth-order valence-electron chi connectivity index (χ4n) is 3.32. The number of rotatable bonds is 4. The van der Waals surface area contributed by atoms with Gasteiger partial charge in [-0.25, -0.2) is 4.98 Å². The minimum atomic E-state index is -0.0124. The van der Waals surface area contributed by atoms with E-state index < -0.39 is 0 Å². The molecule has 6 heteroatoms. The summed E-state index contributed by atoms with van der Waals surface area (Å²) in [6.07, 6.45) is 3.23. The summed E-state index contributed by atoms with van der Waals surface area (Å²) in [4.78, 5) is 22.2. The van der Waals surface area contributed by atoms with E-state index in [2.05, 4.69) is 22.2 Å². The maximum Gasteiger partial charge on any atom is 0.259 e. The summed E-state index contributed by atoms with van der Waals surface area (Å²) < 4.78 is 0. The molecule has 2 heterocycles. The van der Waals surface area contributed by atoms with Crippen LogP contribution >= 0.6 is 22.9 Å². The maximum atomic E-state index is 12.5. The zero-order chi connectivity index (χ0) is 16.7. The number of halogens is 1. The number of aromatic nitrogens is 2. The van der Waals surface area contributed by atoms with E-state index in [-0.39, 0.29) is 11.6 Å². The largest absolute Gasteiger partial charge is 0.309 e. The van der Waals surface area contributed by atoms with Gasteiger partial charge in [-0.05, 0) is 43.4 Å². The van der Waals surface area contributed by atoms with E-state index in [1.807, 2.05) is 24.3 Å². The summed E-state index contributed by atoms with van der Waals surface area (Å²) in [6, 6.07) is 7.85. The van der Waals surface area contributed by atoms with E-state index in [9.17, 15) is 4.79 Å². The fourth-order valence-corrected chi connectivity index (χ4v) is 4.90. The molecule has 124 valence electrons. The molecule has 0 saturated heterocycles. The van der Waals surface area contributed by atoms with E-state index in [0.717, 1.165) is 40.1 Å². The number of fused-ring (bicyclic) bond motifs is 3. The van der Waals surface area contributed by atoms with Crippen LogP contribution in [0.4, 0.5) is 0 Å². The molecule has 0 fully saturated rings. The van der Waals surface area contributed by atoms with Gasteiger partial charge in [0, 0.05) is 15.9 Å². The zero-order valence-electron chi connectivity index (χ0n) is 13.4. The van der Waals surface area contributed by atoms with Crippen LogP contribution in [0.1, 0.15) is 41.2 Å². The molecule has 1 aliphatic carbocycles. The maximum absolute atomic E-state index is 12.5. The molecule has 2 N–H and O–H groups in total. The first-order chi connectivity index (χ1) is 11.6. The lowest BCUT2D eigenvalue weighted by Crippen LogP contribution is -2.22. The second kappa shape index (κ2) is 6.31. The molecule has 1 aromatic carbocycles. The summed E-state index contributed by atoms with van der Waals surface area (Å²) in [5.41, 5.74) is 2.24. The van der Waals surface area contributed by atoms with Crippen molar-refractivity contribution < 1.29 is 0 Å². The molecular weight excluding hydrogens is 342 g/mol. The van der Waals surface area contributed by atoms with E-state index in [4.69, 9.17) is 11.6 Å². The third-order valence-corrected chi connectivity index (χ3v) is 6.10. The van der Waals surface area contributed by atoms with Crippen molar-refractivity contribution in [3.8, 4) is 0 Å². The first-order valence-electron chi connectivity index (χ1n) is 8.14. The predicted octanol–water partition coefficient (Wildman–Crippen LogP) is 3.98. The molecule has 0 saturated carbocycles. The Morgan fingerprint density at radius 3 is 3.04 bits per heavy atom. The van der Waals surface area contributed by atoms with Crippen molar-refractivity contribution in [1.29, 1.82) is 0 Å². The first kappa shape index (κ1) is 15.8. The third kappa shape index (κ3) is 2.77. The van der Waals surface area contributed by atoms with Gasteiger partial charge in [0.2, 0.25) is 0 Å². The average molecular weight is 360 g/mol. The Morgan fingerprint density at radius 2 is 2.21 bits per heavy atom. The van der Waals surface area contributed by atoms with Crippen LogP contribution in [0, 0.1) is 0 Å². The van der Waals surface area contributed by atoms with Crippen molar-refractivity contribution >= 4 is 33.2 Å². The molecular formula is C18H18ClN3OS. The van der Waals surface area contributed by atoms with Gasteiger partial charge >= 0.3 is 0 Å². The third-order valence-electron chi connectivity index (χ3n) is 4.57. The van der Waals surface area contributed by atoms with Crippen LogP contribution in [0.5, 0.6) is 0 Å². The number of H-pyrrole nitrogens is 1. The number of aryl methyl sites for hydroxylation is 2. The highest BCUT2D eigenvalue weighted by atomic mass is 35.5. The zero-order valence-corrected chi connectivity index (χ0v) is 14.9. The molecule has 1 aliphatic rings. The summed E-state index contributed by atoms with van der Waals surface area (Å²) >= 11 is 7.90. The molecule has 0 aliphatic heterocycles. The Balaban J connectivity index is 1.57. The summed E-state index contributed by atoms with van der Waals surface area (Å²) in [5.74, 6) is 0.673. The smallest absolute Gasteiger partial charge is 0.259 e. The number of benzene rings is 1. The molecule has 0 radical (unpaired) electrons. The normalized spacial score (nSPS) is 14.9. The summed E-state index contributed by atoms with van der Waals surface area (Å²) in [5, 5.41) is 4.93. The molecule has 4 rings (SSSR count). The molecule has 3 aromatic rings. The number of aromatic amines is 1. The average Bonchev–Trinajstić information content (AvgIpc) is 3.13. The quantitative estimate of drug-likeness (QED) is 0.740. The molecule has 0 amide bonds. The van der Waals surface area contributed by atoms with E-state index in [1.54, 1.807) is 11.3 Å². The Labute approximate surface area is 148 Å². The van der Waals surface area contributed by atoms with Gasteiger partial charge in [-0.3, -0.25) is 4.79 Å². The van der Waals surface area contributed by atoms with Crippen LogP contribution in [-0.4, -0.2) is 9.97 Å². The van der Waals surface area contributed by atoms with Gasteiger partial charge in [-0.15, -0.1) is 11.3 Å². The van der Waals surface area contributed by atoms with Crippen molar-refractivity contribution in [1.82, 2.24) is 15.3 Å². The van der Waals surface area contributed by atoms with Crippen molar-refractivity contribution in [2.45, 2.75) is 38.8 Å². The summed E-state index contributed by atoms with van der Waals surface area (Å²) in [6.45, 7) is 2.55. The lowest BCUT2D eigenvalue weighted by molar-refractivity contribution is 0.560. The standard InChI is InChI=1S/C18H18ClN3OS/c1-10(11-5-2-3-7-13(11)19)20-9-15-21-17(23)16-12-6-4-8-14(12)24-18(16)22-15/h2-3,5,7,10,20H,4,6,8-9H2,1H3,(H,21,22,23)/t10-/m0/s1. The lowest BCUT2D eigenvalue weighted by Gasteiger charge is -2.15. The highest BCUT2D eigenvalue weighted by Crippen LogP contribution is 2.34. The molecule has 24 heavy (non-hydrogen) atoms. The highest BCUT2D eigenvalue weighted by Gasteiger charge is 2.21. The molecule has 0 unspecified atom stereocenters. The van der Waals surface area contributed by atoms with Crippen LogP contribution in [0.2, 0.25) is 5.02 Å². The SMILES string of the molecule is C[C@H](NCc1nc2sc3c(c2c(=O)[nH]1)CCC3)c1ccccc1Cl. The second-order valence-electron chi connectivity index (χ2n) is 6.17. The minimum Gasteiger partial charge on any atom is -0.309 e. The Bertz CT molecular complexity index is 963. The van der Waals surface area contributed by atoms with Crippen LogP contribution in [-0.2, 0) is 19.4 Å². The van der Waals surface area contributed by atoms with Crippen LogP contribution in [0.3, 0.4) is 0 Å². The number of hydrogen-bond acceptors (Lipinski definition) is 4. The van der Waals surface area contributed by atoms with Gasteiger partial charge in [0.05, 0.1) is 11.9 Å². The predicted molar refractivity (Wildman–Crippen MR) is 99.0 cm³/mol. The molecule has 4 nitrogen and oxygen atoms in total. The van der Waals surface area contributed by atoms with Crippen LogP contribution in [0.25, 0.3) is 10.2 Å². The molecule has 2 aromatic heterocycles. The summed E-state index contributed by atoms with van der Waals surface area (Å²) in [7, 11) is 0. The minimum absolute atomic E-state index is 0.0124. The van der Waals surface area contributed by atoms with Crippen molar-refractivity contribution in [3.05, 3.63) is 61.5 Å². The van der Waals surface area contributed by atoms with Gasteiger partial charge in [0.25, 0.3) is 5.56 Å². The lowest BCUT2D eigenvalue weighted by atomic mass is 10.1. The van der Waals surface area contributed by atoms with E-state index >= 15 is 0 Å². The highest BCUT2D eigenvalue weighted by molar-refractivity contribution is 7.18. The second-order valence-corrected chi connectivity index (χ2v) is 7.67. The van der Waals surface area contributed by atoms with Crippen molar-refractivity contribution in [2.24, 2.45) is 0 Å². The van der Waals surface area contributed by atoms with E-state index in [1.165, 1.54) is 10.4 Å². The Kier molecular flexibility index (Phi) is 4.16. The Morgan fingerprint density at radius 1 is 1.38 bits per heavy atom. The fraction of sp³-hybridized carbons (Fsp3) is 0.333. The van der Waals surface area contributed by atoms with Crippen molar-refractivity contribution in [2.75, 3.05) is 0 Å². The first-order valence-corrected chi connectivity index (χ1v) is 9.34. The number of nitrogens with zero attached hydrogens (tertiary/aromatic N) is 1. The molecule has 1 atom stereocenters. The molecule has 0 bridgehead atoms. The number of nitrogens with one attached hydrogen (secondary N) is 2. The molecule has 0 spiro atoms. The van der Waals surface area contributed by atoms with Crippen LogP contribution < -0.4 is 10.9 Å². The van der Waals surface area contributed by atoms with Gasteiger partial charge in [0.15, 0.2) is 0 Å². The topological polar surface area (TPSA) is 57.8 Å². The number of thiophene rings is 1. The van der Waals surface area contributed by atoms with Gasteiger partial charge in [-0.2, -0.15) is 0 Å². The monoisotopic (exact) mass is 359 g/mol.